The van der Waals surface area contributed by atoms with E-state index in [1.54, 1.807) is 33.3 Å². The SMILES string of the molecule is CNc1c2c(c(O)c3ccccc13)C(O)=C1C(=O)[C@]3(O)C(O)=C(C(N)=O)C(=O)[C@@H](N(C)C)[C@@H]3CC1C2. The normalized spacial score (nSPS) is 27.8. The van der Waals surface area contributed by atoms with Crippen molar-refractivity contribution in [3.63, 3.8) is 0 Å². The van der Waals surface area contributed by atoms with E-state index in [1.807, 2.05) is 12.1 Å². The molecule has 4 atom stereocenters. The number of aromatic hydroxyl groups is 1. The lowest BCUT2D eigenvalue weighted by Gasteiger charge is -2.50. The zero-order chi connectivity index (χ0) is 26.3. The minimum absolute atomic E-state index is 0.0442. The zero-order valence-electron chi connectivity index (χ0n) is 20.0. The number of phenolic OH excluding ortho intramolecular Hbond substituents is 1. The number of ketones is 2. The molecule has 0 spiro atoms. The third kappa shape index (κ3) is 2.82. The molecule has 1 amide bonds. The number of nitrogens with one attached hydrogen (secondary N) is 1. The predicted molar refractivity (Wildman–Crippen MR) is 131 cm³/mol. The van der Waals surface area contributed by atoms with Crippen molar-refractivity contribution in [2.75, 3.05) is 26.5 Å². The number of hydrogen-bond donors (Lipinski definition) is 6. The first-order chi connectivity index (χ1) is 17.0. The summed E-state index contributed by atoms with van der Waals surface area (Å²) in [6.07, 6.45) is 0.269. The van der Waals surface area contributed by atoms with Crippen LogP contribution in [0.3, 0.4) is 0 Å². The minimum Gasteiger partial charge on any atom is -0.508 e. The average Bonchev–Trinajstić information content (AvgIpc) is 2.81. The molecule has 1 saturated carbocycles. The molecule has 10 nitrogen and oxygen atoms in total. The number of likely N-dealkylation sites (N-methyl/N-ethyl adjacent to an activating group) is 1. The van der Waals surface area contributed by atoms with E-state index in [4.69, 9.17) is 5.73 Å². The summed E-state index contributed by atoms with van der Waals surface area (Å²) in [6, 6.07) is 5.96. The molecule has 36 heavy (non-hydrogen) atoms. The van der Waals surface area contributed by atoms with Crippen LogP contribution >= 0.6 is 0 Å². The fourth-order valence-electron chi connectivity index (χ4n) is 6.35. The number of benzene rings is 2. The lowest BCUT2D eigenvalue weighted by molar-refractivity contribution is -0.153. The second kappa shape index (κ2) is 7.81. The van der Waals surface area contributed by atoms with Crippen molar-refractivity contribution < 1.29 is 34.8 Å². The number of Topliss-reactive ketones (excluding diaryl/α,β-unsaturated/α-hetero) is 2. The number of rotatable bonds is 3. The Balaban J connectivity index is 1.80. The highest BCUT2D eigenvalue weighted by Gasteiger charge is 2.64. The van der Waals surface area contributed by atoms with Crippen LogP contribution in [0.25, 0.3) is 16.5 Å². The van der Waals surface area contributed by atoms with Crippen LogP contribution in [-0.4, -0.2) is 75.6 Å². The molecule has 0 radical (unpaired) electrons. The molecule has 0 saturated heterocycles. The third-order valence-electron chi connectivity index (χ3n) is 7.86. The summed E-state index contributed by atoms with van der Waals surface area (Å²) in [5.41, 5.74) is 3.03. The van der Waals surface area contributed by atoms with Gasteiger partial charge in [0.2, 0.25) is 5.78 Å². The van der Waals surface area contributed by atoms with Crippen molar-refractivity contribution in [1.29, 1.82) is 0 Å². The smallest absolute Gasteiger partial charge is 0.255 e. The summed E-state index contributed by atoms with van der Waals surface area (Å²) in [5.74, 6) is -6.62. The second-order valence-corrected chi connectivity index (χ2v) is 9.83. The van der Waals surface area contributed by atoms with Crippen LogP contribution in [-0.2, 0) is 20.8 Å². The number of hydrogen-bond acceptors (Lipinski definition) is 9. The molecule has 1 fully saturated rings. The maximum Gasteiger partial charge on any atom is 0.255 e. The Kier molecular flexibility index (Phi) is 5.17. The Morgan fingerprint density at radius 1 is 1.14 bits per heavy atom. The van der Waals surface area contributed by atoms with Crippen LogP contribution in [0.5, 0.6) is 5.75 Å². The molecule has 10 heteroatoms. The van der Waals surface area contributed by atoms with Crippen molar-refractivity contribution in [3.05, 3.63) is 52.3 Å². The maximum atomic E-state index is 13.9. The van der Waals surface area contributed by atoms with E-state index in [0.717, 1.165) is 5.39 Å². The van der Waals surface area contributed by atoms with E-state index in [0.29, 0.717) is 16.6 Å². The highest BCUT2D eigenvalue weighted by atomic mass is 16.3. The quantitative estimate of drug-likeness (QED) is 0.271. The van der Waals surface area contributed by atoms with Crippen molar-refractivity contribution in [2.24, 2.45) is 17.6 Å². The summed E-state index contributed by atoms with van der Waals surface area (Å²) in [5, 5.41) is 49.4. The Bertz CT molecular complexity index is 1440. The van der Waals surface area contributed by atoms with Crippen molar-refractivity contribution in [1.82, 2.24) is 4.90 Å². The van der Waals surface area contributed by atoms with Gasteiger partial charge in [0.15, 0.2) is 11.4 Å². The lowest BCUT2D eigenvalue weighted by atomic mass is 9.57. The Hall–Kier alpha value is -3.89. The molecule has 0 aromatic heterocycles. The van der Waals surface area contributed by atoms with E-state index in [-0.39, 0.29) is 29.7 Å². The van der Waals surface area contributed by atoms with E-state index in [2.05, 4.69) is 5.32 Å². The number of aliphatic hydroxyl groups excluding tert-OH is 2. The molecule has 0 bridgehead atoms. The number of amides is 1. The van der Waals surface area contributed by atoms with Gasteiger partial charge in [-0.1, -0.05) is 24.3 Å². The van der Waals surface area contributed by atoms with Gasteiger partial charge in [-0.3, -0.25) is 19.3 Å². The molecular weight excluding hydrogens is 466 g/mol. The summed E-state index contributed by atoms with van der Waals surface area (Å²) < 4.78 is 0. The fraction of sp³-hybridized carbons (Fsp3) is 0.346. The lowest BCUT2D eigenvalue weighted by Crippen LogP contribution is -2.65. The van der Waals surface area contributed by atoms with E-state index >= 15 is 0 Å². The molecule has 0 heterocycles. The van der Waals surface area contributed by atoms with Gasteiger partial charge in [0.25, 0.3) is 5.91 Å². The molecule has 0 aliphatic heterocycles. The number of carbonyl (C=O) groups is 3. The van der Waals surface area contributed by atoms with Crippen molar-refractivity contribution in [3.8, 4) is 5.75 Å². The van der Waals surface area contributed by atoms with Crippen LogP contribution in [0.15, 0.2) is 41.2 Å². The molecular formula is C26H27N3O7. The summed E-state index contributed by atoms with van der Waals surface area (Å²) in [6.45, 7) is 0. The molecule has 3 aliphatic rings. The maximum absolute atomic E-state index is 13.9. The van der Waals surface area contributed by atoms with Gasteiger partial charge in [-0.25, -0.2) is 0 Å². The molecule has 5 rings (SSSR count). The van der Waals surface area contributed by atoms with Gasteiger partial charge in [-0.15, -0.1) is 0 Å². The number of fused-ring (bicyclic) bond motifs is 4. The standard InChI is InChI=1S/C26H27N3O7/c1-28-18-11-6-4-5-7-12(11)20(30)16-13(18)8-10-9-14-19(29(2)3)22(32)17(25(27)35)24(34)26(14,36)23(33)15(10)21(16)31/h4-7,10,14,19,28,30-31,34,36H,8-9H2,1-3H3,(H2,27,35)/t10?,14-,19-,26-/m0/s1. The number of anilines is 1. The predicted octanol–water partition coefficient (Wildman–Crippen LogP) is 1.16. The van der Waals surface area contributed by atoms with E-state index in [9.17, 15) is 34.8 Å². The van der Waals surface area contributed by atoms with Gasteiger partial charge in [-0.05, 0) is 38.4 Å². The average molecular weight is 494 g/mol. The third-order valence-corrected chi connectivity index (χ3v) is 7.86. The van der Waals surface area contributed by atoms with Crippen molar-refractivity contribution >= 4 is 39.7 Å². The first-order valence-corrected chi connectivity index (χ1v) is 11.6. The van der Waals surface area contributed by atoms with Gasteiger partial charge < -0.3 is 31.5 Å². The zero-order valence-corrected chi connectivity index (χ0v) is 20.0. The summed E-state index contributed by atoms with van der Waals surface area (Å²) >= 11 is 0. The van der Waals surface area contributed by atoms with Crippen LogP contribution in [0, 0.1) is 11.8 Å². The Morgan fingerprint density at radius 3 is 2.36 bits per heavy atom. The number of phenols is 1. The molecule has 3 aliphatic carbocycles. The largest absolute Gasteiger partial charge is 0.508 e. The second-order valence-electron chi connectivity index (χ2n) is 9.83. The van der Waals surface area contributed by atoms with E-state index < -0.39 is 58.0 Å². The molecule has 1 unspecified atom stereocenters. The first-order valence-electron chi connectivity index (χ1n) is 11.6. The number of nitrogens with two attached hydrogens (primary N) is 1. The number of aliphatic hydroxyl groups is 3. The Morgan fingerprint density at radius 2 is 1.78 bits per heavy atom. The van der Waals surface area contributed by atoms with Crippen LogP contribution in [0.1, 0.15) is 17.5 Å². The minimum atomic E-state index is -2.65. The highest BCUT2D eigenvalue weighted by Crippen LogP contribution is 2.54. The monoisotopic (exact) mass is 493 g/mol. The summed E-state index contributed by atoms with van der Waals surface area (Å²) in [7, 11) is 4.85. The number of primary amides is 1. The van der Waals surface area contributed by atoms with Crippen LogP contribution in [0.2, 0.25) is 0 Å². The Labute approximate surface area is 206 Å². The van der Waals surface area contributed by atoms with Crippen molar-refractivity contribution in [2.45, 2.75) is 24.5 Å². The van der Waals surface area contributed by atoms with Gasteiger partial charge >= 0.3 is 0 Å². The van der Waals surface area contributed by atoms with Crippen LogP contribution in [0.4, 0.5) is 5.69 Å². The number of nitrogens with zero attached hydrogens (tertiary/aromatic N) is 1. The fourth-order valence-corrected chi connectivity index (χ4v) is 6.35. The van der Waals surface area contributed by atoms with Crippen LogP contribution < -0.4 is 11.1 Å². The van der Waals surface area contributed by atoms with Gasteiger partial charge in [0.05, 0.1) is 11.6 Å². The molecule has 2 aromatic carbocycles. The van der Waals surface area contributed by atoms with E-state index in [1.165, 1.54) is 4.90 Å². The first kappa shape index (κ1) is 23.8. The topological polar surface area (TPSA) is 173 Å². The van der Waals surface area contributed by atoms with Gasteiger partial charge in [0, 0.05) is 35.0 Å². The summed E-state index contributed by atoms with van der Waals surface area (Å²) in [4.78, 5) is 40.6. The molecule has 188 valence electrons. The highest BCUT2D eigenvalue weighted by molar-refractivity contribution is 6.24. The van der Waals surface area contributed by atoms with Gasteiger partial charge in [-0.2, -0.15) is 0 Å². The van der Waals surface area contributed by atoms with Gasteiger partial charge in [0.1, 0.15) is 22.8 Å². The molecule has 7 N–H and O–H groups in total. The number of carbonyl (C=O) groups excluding carboxylic acids is 3. The molecule has 2 aromatic rings.